The molecule has 0 radical (unpaired) electrons. The average molecular weight is 403 g/mol. The third-order valence-electron chi connectivity index (χ3n) is 2.73. The van der Waals surface area contributed by atoms with Crippen LogP contribution in [-0.4, -0.2) is 10.6 Å². The monoisotopic (exact) mass is 400 g/mol. The summed E-state index contributed by atoms with van der Waals surface area (Å²) in [7, 11) is 0. The Kier molecular flexibility index (Phi) is 5.20. The minimum Gasteiger partial charge on any atom is -0.293 e. The Morgan fingerprint density at radius 1 is 1.00 bits per heavy atom. The standard InChI is InChI=1S/C15H11Br2ClO/c16-13(11-7-4-8-12(18)9-11)14(17)15(19)10-5-2-1-3-6-10/h1-9,13-14H. The van der Waals surface area contributed by atoms with E-state index in [1.165, 1.54) is 0 Å². The molecular formula is C15H11Br2ClO. The molecule has 0 N–H and O–H groups in total. The van der Waals surface area contributed by atoms with Crippen molar-refractivity contribution >= 4 is 49.2 Å². The van der Waals surface area contributed by atoms with Gasteiger partial charge in [-0.1, -0.05) is 85.9 Å². The van der Waals surface area contributed by atoms with Crippen molar-refractivity contribution in [3.8, 4) is 0 Å². The molecule has 0 aliphatic rings. The van der Waals surface area contributed by atoms with Crippen LogP contribution < -0.4 is 0 Å². The van der Waals surface area contributed by atoms with E-state index >= 15 is 0 Å². The zero-order chi connectivity index (χ0) is 13.8. The van der Waals surface area contributed by atoms with Crippen LogP contribution in [0.25, 0.3) is 0 Å². The summed E-state index contributed by atoms with van der Waals surface area (Å²) in [6.07, 6.45) is 0. The van der Waals surface area contributed by atoms with Gasteiger partial charge < -0.3 is 0 Å². The van der Waals surface area contributed by atoms with Gasteiger partial charge in [0, 0.05) is 10.6 Å². The third kappa shape index (κ3) is 3.68. The molecule has 2 rings (SSSR count). The highest BCUT2D eigenvalue weighted by molar-refractivity contribution is 9.12. The van der Waals surface area contributed by atoms with Crippen LogP contribution in [0, 0.1) is 0 Å². The molecule has 0 spiro atoms. The lowest BCUT2D eigenvalue weighted by atomic mass is 10.0. The largest absolute Gasteiger partial charge is 0.293 e. The molecule has 2 aromatic rings. The van der Waals surface area contributed by atoms with Gasteiger partial charge in [-0.2, -0.15) is 0 Å². The van der Waals surface area contributed by atoms with Crippen LogP contribution in [0.5, 0.6) is 0 Å². The highest BCUT2D eigenvalue weighted by Crippen LogP contribution is 2.34. The molecule has 98 valence electrons. The lowest BCUT2D eigenvalue weighted by Crippen LogP contribution is -2.19. The van der Waals surface area contributed by atoms with Gasteiger partial charge in [-0.05, 0) is 17.7 Å². The number of carbonyl (C=O) groups is 1. The van der Waals surface area contributed by atoms with Crippen LogP contribution in [0.4, 0.5) is 0 Å². The van der Waals surface area contributed by atoms with E-state index in [4.69, 9.17) is 11.6 Å². The van der Waals surface area contributed by atoms with Crippen molar-refractivity contribution in [3.63, 3.8) is 0 Å². The van der Waals surface area contributed by atoms with Crippen LogP contribution in [0.2, 0.25) is 5.02 Å². The molecule has 0 saturated carbocycles. The molecule has 2 aromatic carbocycles. The Bertz CT molecular complexity index is 571. The van der Waals surface area contributed by atoms with Crippen molar-refractivity contribution in [2.24, 2.45) is 0 Å². The van der Waals surface area contributed by atoms with Crippen LogP contribution in [0.15, 0.2) is 54.6 Å². The molecule has 0 aliphatic heterocycles. The average Bonchev–Trinajstić information content (AvgIpc) is 2.46. The summed E-state index contributed by atoms with van der Waals surface area (Å²) < 4.78 is 0. The predicted octanol–water partition coefficient (Wildman–Crippen LogP) is 5.42. The summed E-state index contributed by atoms with van der Waals surface area (Å²) in [5.74, 6) is 0.0439. The third-order valence-corrected chi connectivity index (χ3v) is 5.68. The van der Waals surface area contributed by atoms with E-state index in [2.05, 4.69) is 31.9 Å². The van der Waals surface area contributed by atoms with Gasteiger partial charge in [-0.15, -0.1) is 0 Å². The molecule has 2 atom stereocenters. The van der Waals surface area contributed by atoms with Crippen molar-refractivity contribution in [2.75, 3.05) is 0 Å². The molecule has 0 amide bonds. The summed E-state index contributed by atoms with van der Waals surface area (Å²) >= 11 is 13.0. The van der Waals surface area contributed by atoms with Gasteiger partial charge in [-0.25, -0.2) is 0 Å². The smallest absolute Gasteiger partial charge is 0.177 e. The molecule has 2 unspecified atom stereocenters. The van der Waals surface area contributed by atoms with Crippen molar-refractivity contribution < 1.29 is 4.79 Å². The zero-order valence-electron chi connectivity index (χ0n) is 9.89. The zero-order valence-corrected chi connectivity index (χ0v) is 13.8. The van der Waals surface area contributed by atoms with Gasteiger partial charge in [0.2, 0.25) is 0 Å². The first-order valence-corrected chi connectivity index (χ1v) is 7.93. The Labute approximate surface area is 134 Å². The maximum Gasteiger partial charge on any atom is 0.177 e. The number of alkyl halides is 2. The van der Waals surface area contributed by atoms with E-state index in [0.717, 1.165) is 5.56 Å². The maximum absolute atomic E-state index is 12.3. The minimum absolute atomic E-state index is 0.0439. The van der Waals surface area contributed by atoms with Crippen LogP contribution in [0.3, 0.4) is 0 Å². The molecule has 1 nitrogen and oxygen atoms in total. The minimum atomic E-state index is -0.339. The molecular weight excluding hydrogens is 391 g/mol. The Morgan fingerprint density at radius 3 is 2.32 bits per heavy atom. The molecule has 0 fully saturated rings. The fourth-order valence-electron chi connectivity index (χ4n) is 1.74. The molecule has 19 heavy (non-hydrogen) atoms. The van der Waals surface area contributed by atoms with Gasteiger partial charge in [0.25, 0.3) is 0 Å². The summed E-state index contributed by atoms with van der Waals surface area (Å²) in [5.41, 5.74) is 1.66. The topological polar surface area (TPSA) is 17.1 Å². The maximum atomic E-state index is 12.3. The predicted molar refractivity (Wildman–Crippen MR) is 86.6 cm³/mol. The summed E-state index contributed by atoms with van der Waals surface area (Å²) in [6, 6.07) is 16.7. The van der Waals surface area contributed by atoms with Crippen LogP contribution in [-0.2, 0) is 0 Å². The first kappa shape index (κ1) is 14.8. The number of hydrogen-bond acceptors (Lipinski definition) is 1. The highest BCUT2D eigenvalue weighted by Gasteiger charge is 2.25. The molecule has 4 heteroatoms. The Morgan fingerprint density at radius 2 is 1.68 bits per heavy atom. The van der Waals surface area contributed by atoms with Crippen molar-refractivity contribution in [1.29, 1.82) is 0 Å². The fourth-order valence-corrected chi connectivity index (χ4v) is 3.03. The first-order chi connectivity index (χ1) is 9.09. The number of hydrogen-bond donors (Lipinski definition) is 0. The van der Waals surface area contributed by atoms with E-state index < -0.39 is 0 Å². The highest BCUT2D eigenvalue weighted by atomic mass is 79.9. The Balaban J connectivity index is 2.20. The second kappa shape index (κ2) is 6.69. The second-order valence-electron chi connectivity index (χ2n) is 4.09. The SMILES string of the molecule is O=C(c1ccccc1)C(Br)C(Br)c1cccc(Cl)c1. The number of halogens is 3. The molecule has 0 aromatic heterocycles. The summed E-state index contributed by atoms with van der Waals surface area (Å²) in [6.45, 7) is 0. The molecule has 0 saturated heterocycles. The Hall–Kier alpha value is -0.640. The lowest BCUT2D eigenvalue weighted by molar-refractivity contribution is 0.0991. The number of ketones is 1. The number of benzene rings is 2. The summed E-state index contributed by atoms with van der Waals surface area (Å²) in [4.78, 5) is 11.9. The van der Waals surface area contributed by atoms with E-state index in [1.54, 1.807) is 0 Å². The van der Waals surface area contributed by atoms with E-state index in [1.807, 2.05) is 54.6 Å². The van der Waals surface area contributed by atoms with Crippen LogP contribution >= 0.6 is 43.5 Å². The normalized spacial score (nSPS) is 13.8. The summed E-state index contributed by atoms with van der Waals surface area (Å²) in [5, 5.41) is 0.661. The van der Waals surface area contributed by atoms with Gasteiger partial charge >= 0.3 is 0 Å². The van der Waals surface area contributed by atoms with Gasteiger partial charge in [0.1, 0.15) is 0 Å². The first-order valence-electron chi connectivity index (χ1n) is 5.72. The molecule has 0 heterocycles. The van der Waals surface area contributed by atoms with Gasteiger partial charge in [-0.3, -0.25) is 4.79 Å². The molecule has 0 aliphatic carbocycles. The number of Topliss-reactive ketones (excluding diaryl/α,β-unsaturated/α-hetero) is 1. The van der Waals surface area contributed by atoms with Gasteiger partial charge in [0.05, 0.1) is 9.65 Å². The van der Waals surface area contributed by atoms with E-state index in [0.29, 0.717) is 10.6 Å². The van der Waals surface area contributed by atoms with Gasteiger partial charge in [0.15, 0.2) is 5.78 Å². The second-order valence-corrected chi connectivity index (χ2v) is 6.50. The van der Waals surface area contributed by atoms with Crippen molar-refractivity contribution in [3.05, 3.63) is 70.7 Å². The lowest BCUT2D eigenvalue weighted by Gasteiger charge is -2.16. The number of carbonyl (C=O) groups excluding carboxylic acids is 1. The van der Waals surface area contributed by atoms with E-state index in [9.17, 15) is 4.79 Å². The van der Waals surface area contributed by atoms with Crippen molar-refractivity contribution in [1.82, 2.24) is 0 Å². The van der Waals surface area contributed by atoms with E-state index in [-0.39, 0.29) is 15.4 Å². The fraction of sp³-hybridized carbons (Fsp3) is 0.133. The van der Waals surface area contributed by atoms with Crippen molar-refractivity contribution in [2.45, 2.75) is 9.65 Å². The number of rotatable bonds is 4. The quantitative estimate of drug-likeness (QED) is 0.493. The molecule has 0 bridgehead atoms. The van der Waals surface area contributed by atoms with Crippen LogP contribution in [0.1, 0.15) is 20.7 Å².